The van der Waals surface area contributed by atoms with Gasteiger partial charge < -0.3 is 15.2 Å². The fourth-order valence-electron chi connectivity index (χ4n) is 2.61. The van der Waals surface area contributed by atoms with E-state index in [1.165, 1.54) is 6.07 Å². The number of amides is 1. The molecule has 1 amide bonds. The zero-order chi connectivity index (χ0) is 19.6. The van der Waals surface area contributed by atoms with Crippen LogP contribution in [0.2, 0.25) is 0 Å². The number of carbonyl (C=O) groups is 1. The third kappa shape index (κ3) is 6.39. The minimum absolute atomic E-state index is 0.202. The molecule has 1 unspecified atom stereocenters. The zero-order valence-corrected chi connectivity index (χ0v) is 15.8. The summed E-state index contributed by atoms with van der Waals surface area (Å²) in [4.78, 5) is 12.0. The van der Waals surface area contributed by atoms with Gasteiger partial charge in [-0.2, -0.15) is 0 Å². The number of hydrogen-bond acceptors (Lipinski definition) is 4. The first-order valence-corrected chi connectivity index (χ1v) is 9.05. The molecule has 5 nitrogen and oxygen atoms in total. The zero-order valence-electron chi connectivity index (χ0n) is 15.0. The van der Waals surface area contributed by atoms with Crippen LogP contribution in [0.25, 0.3) is 0 Å². The molecule has 0 aromatic heterocycles. The molecular weight excluding hydrogens is 367 g/mol. The summed E-state index contributed by atoms with van der Waals surface area (Å²) in [5.41, 5.74) is 0.938. The first-order valence-electron chi connectivity index (χ1n) is 8.64. The van der Waals surface area contributed by atoms with Gasteiger partial charge in [0.25, 0.3) is 5.91 Å². The van der Waals surface area contributed by atoms with Gasteiger partial charge in [-0.15, -0.1) is 0 Å². The molecule has 0 radical (unpaired) electrons. The lowest BCUT2D eigenvalue weighted by molar-refractivity contribution is 0.0335. The van der Waals surface area contributed by atoms with Gasteiger partial charge in [0.05, 0.1) is 19.3 Å². The summed E-state index contributed by atoms with van der Waals surface area (Å²) in [6.45, 7) is 2.21. The van der Waals surface area contributed by atoms with Crippen LogP contribution in [0, 0.1) is 5.82 Å². The molecule has 0 saturated carbocycles. The van der Waals surface area contributed by atoms with Gasteiger partial charge in [0.15, 0.2) is 5.11 Å². The van der Waals surface area contributed by atoms with Crippen LogP contribution < -0.4 is 10.6 Å². The fraction of sp³-hybridized carbons (Fsp3) is 0.300. The SMILES string of the molecule is C[C@@H](OCCNC(=S)NC(=O)c1ccccc1)C(CO)c1ccccc1F. The molecule has 144 valence electrons. The summed E-state index contributed by atoms with van der Waals surface area (Å²) in [5.74, 6) is -1.12. The molecule has 7 heteroatoms. The van der Waals surface area contributed by atoms with Crippen LogP contribution in [0.15, 0.2) is 54.6 Å². The molecule has 0 aliphatic carbocycles. The molecule has 0 fully saturated rings. The van der Waals surface area contributed by atoms with Crippen molar-refractivity contribution >= 4 is 23.2 Å². The van der Waals surface area contributed by atoms with Crippen molar-refractivity contribution in [3.8, 4) is 0 Å². The number of benzene rings is 2. The van der Waals surface area contributed by atoms with E-state index in [1.807, 2.05) is 6.07 Å². The summed E-state index contributed by atoms with van der Waals surface area (Å²) in [7, 11) is 0. The van der Waals surface area contributed by atoms with Crippen molar-refractivity contribution in [2.75, 3.05) is 19.8 Å². The van der Waals surface area contributed by atoms with Crippen molar-refractivity contribution < 1.29 is 19.0 Å². The molecule has 2 rings (SSSR count). The second kappa shape index (κ2) is 10.7. The Labute approximate surface area is 163 Å². The predicted molar refractivity (Wildman–Crippen MR) is 106 cm³/mol. The average molecular weight is 390 g/mol. The van der Waals surface area contributed by atoms with Gasteiger partial charge in [0.2, 0.25) is 0 Å². The molecule has 2 aromatic rings. The minimum atomic E-state index is -0.462. The molecule has 0 spiro atoms. The number of halogens is 1. The first kappa shape index (κ1) is 21.0. The van der Waals surface area contributed by atoms with Crippen molar-refractivity contribution in [2.24, 2.45) is 0 Å². The Hall–Kier alpha value is -2.35. The number of ether oxygens (including phenoxy) is 1. The van der Waals surface area contributed by atoms with Gasteiger partial charge in [-0.1, -0.05) is 36.4 Å². The molecule has 0 saturated heterocycles. The van der Waals surface area contributed by atoms with Crippen LogP contribution in [0.1, 0.15) is 28.8 Å². The van der Waals surface area contributed by atoms with Gasteiger partial charge in [-0.05, 0) is 42.9 Å². The number of aliphatic hydroxyl groups is 1. The maximum atomic E-state index is 13.9. The summed E-state index contributed by atoms with van der Waals surface area (Å²) >= 11 is 5.09. The van der Waals surface area contributed by atoms with Crippen LogP contribution in [0.3, 0.4) is 0 Å². The lowest BCUT2D eigenvalue weighted by atomic mass is 9.94. The van der Waals surface area contributed by atoms with E-state index in [9.17, 15) is 14.3 Å². The van der Waals surface area contributed by atoms with Crippen LogP contribution in [0.5, 0.6) is 0 Å². The Morgan fingerprint density at radius 3 is 2.52 bits per heavy atom. The number of thiocarbonyl (C=S) groups is 1. The van der Waals surface area contributed by atoms with Crippen LogP contribution >= 0.6 is 12.2 Å². The van der Waals surface area contributed by atoms with Gasteiger partial charge in [0.1, 0.15) is 5.82 Å². The summed E-state index contributed by atoms with van der Waals surface area (Å²) in [6.07, 6.45) is -0.388. The fourth-order valence-corrected chi connectivity index (χ4v) is 2.80. The standard InChI is InChI=1S/C20H23FN2O3S/c1-14(17(13-24)16-9-5-6-10-18(16)21)26-12-11-22-20(27)23-19(25)15-7-3-2-4-8-15/h2-10,14,17,24H,11-13H2,1H3,(H2,22,23,25,27)/t14-,17?/m1/s1. The van der Waals surface area contributed by atoms with E-state index in [-0.39, 0.29) is 36.2 Å². The van der Waals surface area contributed by atoms with E-state index in [4.69, 9.17) is 17.0 Å². The van der Waals surface area contributed by atoms with E-state index >= 15 is 0 Å². The maximum Gasteiger partial charge on any atom is 0.257 e. The van der Waals surface area contributed by atoms with Crippen molar-refractivity contribution in [3.63, 3.8) is 0 Å². The van der Waals surface area contributed by atoms with E-state index in [0.29, 0.717) is 17.7 Å². The largest absolute Gasteiger partial charge is 0.396 e. The highest BCUT2D eigenvalue weighted by atomic mass is 32.1. The van der Waals surface area contributed by atoms with Crippen LogP contribution in [-0.4, -0.2) is 42.0 Å². The number of nitrogens with one attached hydrogen (secondary N) is 2. The lowest BCUT2D eigenvalue weighted by Gasteiger charge is -2.23. The van der Waals surface area contributed by atoms with Crippen molar-refractivity contribution in [1.29, 1.82) is 0 Å². The topological polar surface area (TPSA) is 70.6 Å². The lowest BCUT2D eigenvalue weighted by Crippen LogP contribution is -2.41. The van der Waals surface area contributed by atoms with Gasteiger partial charge in [-0.3, -0.25) is 10.1 Å². The van der Waals surface area contributed by atoms with Crippen molar-refractivity contribution in [2.45, 2.75) is 18.9 Å². The molecule has 3 N–H and O–H groups in total. The highest BCUT2D eigenvalue weighted by molar-refractivity contribution is 7.80. The normalized spacial score (nSPS) is 12.9. The van der Waals surface area contributed by atoms with E-state index in [1.54, 1.807) is 49.4 Å². The Bertz CT molecular complexity index is 758. The predicted octanol–water partition coefficient (Wildman–Crippen LogP) is 2.61. The maximum absolute atomic E-state index is 13.9. The number of carbonyl (C=O) groups excluding carboxylic acids is 1. The second-order valence-electron chi connectivity index (χ2n) is 5.96. The van der Waals surface area contributed by atoms with Gasteiger partial charge in [-0.25, -0.2) is 4.39 Å². The molecule has 0 heterocycles. The number of rotatable bonds is 8. The molecule has 27 heavy (non-hydrogen) atoms. The third-order valence-electron chi connectivity index (χ3n) is 4.10. The average Bonchev–Trinajstić information content (AvgIpc) is 2.68. The van der Waals surface area contributed by atoms with Gasteiger partial charge in [0, 0.05) is 18.0 Å². The monoisotopic (exact) mass is 390 g/mol. The van der Waals surface area contributed by atoms with Crippen molar-refractivity contribution in [3.05, 3.63) is 71.5 Å². The molecule has 0 bridgehead atoms. The molecule has 0 aliphatic heterocycles. The smallest absolute Gasteiger partial charge is 0.257 e. The van der Waals surface area contributed by atoms with Crippen LogP contribution in [-0.2, 0) is 4.74 Å². The molecule has 0 aliphatic rings. The second-order valence-corrected chi connectivity index (χ2v) is 6.37. The van der Waals surface area contributed by atoms with Crippen molar-refractivity contribution in [1.82, 2.24) is 10.6 Å². The van der Waals surface area contributed by atoms with E-state index in [0.717, 1.165) is 0 Å². The Kier molecular flexibility index (Phi) is 8.32. The minimum Gasteiger partial charge on any atom is -0.396 e. The number of aliphatic hydroxyl groups excluding tert-OH is 1. The van der Waals surface area contributed by atoms with Gasteiger partial charge >= 0.3 is 0 Å². The molecule has 2 aromatic carbocycles. The molecular formula is C20H23FN2O3S. The Morgan fingerprint density at radius 1 is 1.19 bits per heavy atom. The highest BCUT2D eigenvalue weighted by Crippen LogP contribution is 2.23. The highest BCUT2D eigenvalue weighted by Gasteiger charge is 2.22. The Morgan fingerprint density at radius 2 is 1.85 bits per heavy atom. The summed E-state index contributed by atoms with van der Waals surface area (Å²) in [5, 5.41) is 15.3. The third-order valence-corrected chi connectivity index (χ3v) is 4.35. The van der Waals surface area contributed by atoms with Crippen LogP contribution in [0.4, 0.5) is 4.39 Å². The number of hydrogen-bond donors (Lipinski definition) is 3. The summed E-state index contributed by atoms with van der Waals surface area (Å²) < 4.78 is 19.6. The molecule has 2 atom stereocenters. The Balaban J connectivity index is 1.74. The quantitative estimate of drug-likeness (QED) is 0.477. The van der Waals surface area contributed by atoms with E-state index < -0.39 is 5.92 Å². The first-order chi connectivity index (χ1) is 13.0. The van der Waals surface area contributed by atoms with E-state index in [2.05, 4.69) is 10.6 Å². The summed E-state index contributed by atoms with van der Waals surface area (Å²) in [6, 6.07) is 15.1.